The van der Waals surface area contributed by atoms with Crippen molar-refractivity contribution in [1.29, 1.82) is 0 Å². The maximum absolute atomic E-state index is 14.2. The smallest absolute Gasteiger partial charge is 0.335 e. The van der Waals surface area contributed by atoms with E-state index in [-0.39, 0.29) is 22.7 Å². The number of aromatic nitrogens is 1. The topological polar surface area (TPSA) is 50.2 Å². The lowest BCUT2D eigenvalue weighted by Crippen LogP contribution is -2.01. The molecule has 0 amide bonds. The Kier molecular flexibility index (Phi) is 4.01. The van der Waals surface area contributed by atoms with Crippen molar-refractivity contribution in [2.75, 3.05) is 0 Å². The van der Waals surface area contributed by atoms with Crippen molar-refractivity contribution in [2.45, 2.75) is 19.8 Å². The highest BCUT2D eigenvalue weighted by Crippen LogP contribution is 2.34. The third-order valence-electron chi connectivity index (χ3n) is 3.99. The second-order valence-corrected chi connectivity index (χ2v) is 5.88. The van der Waals surface area contributed by atoms with Gasteiger partial charge in [-0.2, -0.15) is 0 Å². The van der Waals surface area contributed by atoms with Crippen LogP contribution in [0.15, 0.2) is 42.6 Å². The molecule has 2 aromatic carbocycles. The van der Waals surface area contributed by atoms with E-state index in [4.69, 9.17) is 0 Å². The molecule has 0 aliphatic heterocycles. The largest absolute Gasteiger partial charge is 0.478 e. The number of aromatic carboxylic acids is 1. The summed E-state index contributed by atoms with van der Waals surface area (Å²) in [5, 5.41) is 10.4. The number of hydrogen-bond donors (Lipinski definition) is 1. The first-order valence-corrected chi connectivity index (χ1v) is 7.50. The molecule has 0 aliphatic rings. The van der Waals surface area contributed by atoms with Gasteiger partial charge in [0.2, 0.25) is 0 Å². The first kappa shape index (κ1) is 16.1. The average molecular weight is 327 g/mol. The predicted octanol–water partition coefficient (Wildman–Crippen LogP) is 5.00. The molecule has 122 valence electrons. The summed E-state index contributed by atoms with van der Waals surface area (Å²) in [7, 11) is 0. The van der Waals surface area contributed by atoms with Gasteiger partial charge in [0.05, 0.1) is 16.8 Å². The lowest BCUT2D eigenvalue weighted by Gasteiger charge is -2.14. The minimum absolute atomic E-state index is 0.0446. The first-order chi connectivity index (χ1) is 11.4. The van der Waals surface area contributed by atoms with Crippen LogP contribution in [0.5, 0.6) is 0 Å². The van der Waals surface area contributed by atoms with Gasteiger partial charge >= 0.3 is 5.97 Å². The van der Waals surface area contributed by atoms with Gasteiger partial charge in [0, 0.05) is 11.6 Å². The Morgan fingerprint density at radius 3 is 2.33 bits per heavy atom. The maximum atomic E-state index is 14.2. The van der Waals surface area contributed by atoms with E-state index in [0.29, 0.717) is 5.39 Å². The van der Waals surface area contributed by atoms with Gasteiger partial charge in [-0.15, -0.1) is 0 Å². The summed E-state index contributed by atoms with van der Waals surface area (Å²) in [6.45, 7) is 3.95. The van der Waals surface area contributed by atoms with Gasteiger partial charge in [-0.25, -0.2) is 13.6 Å². The van der Waals surface area contributed by atoms with E-state index < -0.39 is 17.6 Å². The van der Waals surface area contributed by atoms with Crippen LogP contribution in [0.25, 0.3) is 22.0 Å². The van der Waals surface area contributed by atoms with Gasteiger partial charge in [0.1, 0.15) is 11.6 Å². The average Bonchev–Trinajstić information content (AvgIpc) is 2.53. The van der Waals surface area contributed by atoms with E-state index >= 15 is 0 Å². The minimum Gasteiger partial charge on any atom is -0.478 e. The van der Waals surface area contributed by atoms with Gasteiger partial charge in [-0.3, -0.25) is 4.98 Å². The number of fused-ring (bicyclic) bond motifs is 1. The van der Waals surface area contributed by atoms with Crippen LogP contribution in [0.1, 0.15) is 35.7 Å². The highest BCUT2D eigenvalue weighted by molar-refractivity contribution is 6.01. The molecule has 0 unspecified atom stereocenters. The molecule has 1 N–H and O–H groups in total. The second-order valence-electron chi connectivity index (χ2n) is 5.88. The summed E-state index contributed by atoms with van der Waals surface area (Å²) >= 11 is 0. The molecular weight excluding hydrogens is 312 g/mol. The fourth-order valence-corrected chi connectivity index (χ4v) is 2.78. The lowest BCUT2D eigenvalue weighted by molar-refractivity contribution is 0.0697. The molecule has 0 aliphatic carbocycles. The summed E-state index contributed by atoms with van der Waals surface area (Å²) in [4.78, 5) is 15.5. The summed E-state index contributed by atoms with van der Waals surface area (Å²) < 4.78 is 28.4. The van der Waals surface area contributed by atoms with Crippen LogP contribution in [0.3, 0.4) is 0 Å². The Morgan fingerprint density at radius 1 is 1.08 bits per heavy atom. The fourth-order valence-electron chi connectivity index (χ4n) is 2.78. The van der Waals surface area contributed by atoms with Crippen LogP contribution in [-0.4, -0.2) is 16.1 Å². The zero-order valence-electron chi connectivity index (χ0n) is 13.2. The molecule has 0 fully saturated rings. The molecule has 0 spiro atoms. The predicted molar refractivity (Wildman–Crippen MR) is 88.1 cm³/mol. The van der Waals surface area contributed by atoms with Crippen molar-refractivity contribution in [1.82, 2.24) is 4.98 Å². The van der Waals surface area contributed by atoms with E-state index in [2.05, 4.69) is 4.98 Å². The molecule has 0 atom stereocenters. The third kappa shape index (κ3) is 2.62. The van der Waals surface area contributed by atoms with Crippen molar-refractivity contribution in [3.05, 3.63) is 65.4 Å². The van der Waals surface area contributed by atoms with E-state index in [1.165, 1.54) is 18.2 Å². The second kappa shape index (κ2) is 6.00. The van der Waals surface area contributed by atoms with Gasteiger partial charge < -0.3 is 5.11 Å². The Bertz CT molecular complexity index is 931. The van der Waals surface area contributed by atoms with Crippen molar-refractivity contribution in [3.63, 3.8) is 0 Å². The number of carbonyl (C=O) groups is 1. The molecule has 1 heterocycles. The molecule has 0 bridgehead atoms. The maximum Gasteiger partial charge on any atom is 0.335 e. The summed E-state index contributed by atoms with van der Waals surface area (Å²) in [5.74, 6) is -2.44. The Labute approximate surface area is 137 Å². The zero-order valence-corrected chi connectivity index (χ0v) is 13.2. The molecule has 3 aromatic rings. The number of halogens is 2. The molecular formula is C19H15F2NO2. The van der Waals surface area contributed by atoms with E-state index in [0.717, 1.165) is 23.1 Å². The van der Waals surface area contributed by atoms with Crippen molar-refractivity contribution in [3.8, 4) is 11.3 Å². The van der Waals surface area contributed by atoms with Crippen molar-refractivity contribution in [2.24, 2.45) is 0 Å². The molecule has 3 nitrogen and oxygen atoms in total. The zero-order chi connectivity index (χ0) is 17.4. The van der Waals surface area contributed by atoms with Crippen molar-refractivity contribution >= 4 is 16.7 Å². The number of rotatable bonds is 3. The number of pyridine rings is 1. The van der Waals surface area contributed by atoms with Crippen LogP contribution in [0.2, 0.25) is 0 Å². The van der Waals surface area contributed by atoms with E-state index in [1.807, 2.05) is 13.8 Å². The molecule has 0 saturated carbocycles. The standard InChI is InChI=1S/C19H15F2NO2/c1-10(2)14-9-22-18(17-15(20)4-3-5-16(17)21)13-8-11(19(23)24)6-7-12(13)14/h3-10H,1-2H3,(H,23,24). The minimum atomic E-state index is -1.10. The highest BCUT2D eigenvalue weighted by Gasteiger charge is 2.19. The van der Waals surface area contributed by atoms with Gasteiger partial charge in [-0.05, 0) is 41.1 Å². The van der Waals surface area contributed by atoms with Crippen LogP contribution in [0.4, 0.5) is 8.78 Å². The quantitative estimate of drug-likeness (QED) is 0.736. The molecule has 24 heavy (non-hydrogen) atoms. The number of benzene rings is 2. The van der Waals surface area contributed by atoms with Crippen molar-refractivity contribution < 1.29 is 18.7 Å². The summed E-state index contributed by atoms with van der Waals surface area (Å²) in [5.41, 5.74) is 0.791. The highest BCUT2D eigenvalue weighted by atomic mass is 19.1. The lowest BCUT2D eigenvalue weighted by atomic mass is 9.94. The Balaban J connectivity index is 2.42. The summed E-state index contributed by atoms with van der Waals surface area (Å²) in [6.07, 6.45) is 1.59. The van der Waals surface area contributed by atoms with Crippen LogP contribution < -0.4 is 0 Å². The van der Waals surface area contributed by atoms with Gasteiger partial charge in [0.25, 0.3) is 0 Å². The van der Waals surface area contributed by atoms with Crippen LogP contribution in [0, 0.1) is 11.6 Å². The van der Waals surface area contributed by atoms with Crippen LogP contribution in [-0.2, 0) is 0 Å². The molecule has 0 radical (unpaired) electrons. The first-order valence-electron chi connectivity index (χ1n) is 7.50. The van der Waals surface area contributed by atoms with Gasteiger partial charge in [0.15, 0.2) is 0 Å². The number of carboxylic acid groups (broad SMARTS) is 1. The molecule has 0 saturated heterocycles. The van der Waals surface area contributed by atoms with Gasteiger partial charge in [-0.1, -0.05) is 26.0 Å². The van der Waals surface area contributed by atoms with E-state index in [9.17, 15) is 18.7 Å². The molecule has 3 rings (SSSR count). The monoisotopic (exact) mass is 327 g/mol. The summed E-state index contributed by atoms with van der Waals surface area (Å²) in [6, 6.07) is 8.15. The number of nitrogens with zero attached hydrogens (tertiary/aromatic N) is 1. The molecule has 1 aromatic heterocycles. The Hall–Kier alpha value is -2.82. The Morgan fingerprint density at radius 2 is 1.75 bits per heavy atom. The van der Waals surface area contributed by atoms with Crippen LogP contribution >= 0.6 is 0 Å². The third-order valence-corrected chi connectivity index (χ3v) is 3.99. The normalized spacial score (nSPS) is 11.2. The van der Waals surface area contributed by atoms with E-state index in [1.54, 1.807) is 12.3 Å². The fraction of sp³-hybridized carbons (Fsp3) is 0.158. The molecule has 5 heteroatoms. The number of hydrogen-bond acceptors (Lipinski definition) is 2. The SMILES string of the molecule is CC(C)c1cnc(-c2c(F)cccc2F)c2cc(C(=O)O)ccc12. The number of carboxylic acids is 1.